The fourth-order valence-electron chi connectivity index (χ4n) is 1.52. The van der Waals surface area contributed by atoms with Crippen molar-refractivity contribution >= 4 is 12.0 Å². The summed E-state index contributed by atoms with van der Waals surface area (Å²) < 4.78 is 0. The summed E-state index contributed by atoms with van der Waals surface area (Å²) in [4.78, 5) is 14.0. The second-order valence-corrected chi connectivity index (χ2v) is 3.40. The van der Waals surface area contributed by atoms with Crippen molar-refractivity contribution in [3.63, 3.8) is 0 Å². The average Bonchev–Trinajstić information content (AvgIpc) is 2.39. The maximum atomic E-state index is 10.7. The molecule has 2 rings (SSSR count). The third-order valence-electron chi connectivity index (χ3n) is 2.35. The monoisotopic (exact) mass is 207 g/mol. The second-order valence-electron chi connectivity index (χ2n) is 3.40. The van der Waals surface area contributed by atoms with Crippen LogP contribution in [-0.4, -0.2) is 6.29 Å². The standard InChI is InChI=1S/C14H9NO/c1-15-14-7-5-12(6-8-14)13-4-2-3-11(9-13)10-16/h2-10H. The molecule has 0 N–H and O–H groups in total. The Balaban J connectivity index is 2.42. The zero-order chi connectivity index (χ0) is 11.4. The molecule has 0 spiro atoms. The van der Waals surface area contributed by atoms with Crippen molar-refractivity contribution in [1.29, 1.82) is 0 Å². The average molecular weight is 207 g/mol. The van der Waals surface area contributed by atoms with Gasteiger partial charge in [0.2, 0.25) is 0 Å². The summed E-state index contributed by atoms with van der Waals surface area (Å²) in [5.74, 6) is 0. The molecule has 0 aliphatic carbocycles. The van der Waals surface area contributed by atoms with E-state index in [1.54, 1.807) is 18.2 Å². The molecule has 0 fully saturated rings. The summed E-state index contributed by atoms with van der Waals surface area (Å²) in [7, 11) is 0. The summed E-state index contributed by atoms with van der Waals surface area (Å²) in [6.07, 6.45) is 0.830. The van der Waals surface area contributed by atoms with Gasteiger partial charge in [-0.05, 0) is 17.2 Å². The van der Waals surface area contributed by atoms with Gasteiger partial charge in [-0.15, -0.1) is 0 Å². The Morgan fingerprint density at radius 2 is 1.75 bits per heavy atom. The first-order valence-corrected chi connectivity index (χ1v) is 4.86. The molecular weight excluding hydrogens is 198 g/mol. The lowest BCUT2D eigenvalue weighted by Crippen LogP contribution is -1.81. The third kappa shape index (κ3) is 1.99. The van der Waals surface area contributed by atoms with Crippen molar-refractivity contribution in [3.05, 3.63) is 65.5 Å². The van der Waals surface area contributed by atoms with E-state index in [4.69, 9.17) is 6.57 Å². The Hall–Kier alpha value is -2.40. The third-order valence-corrected chi connectivity index (χ3v) is 2.35. The summed E-state index contributed by atoms with van der Waals surface area (Å²) in [5.41, 5.74) is 3.28. The van der Waals surface area contributed by atoms with Gasteiger partial charge in [0.25, 0.3) is 0 Å². The molecule has 0 aliphatic rings. The fourth-order valence-corrected chi connectivity index (χ4v) is 1.52. The number of rotatable bonds is 2. The molecule has 0 heterocycles. The minimum atomic E-state index is 0.621. The Morgan fingerprint density at radius 1 is 1.00 bits per heavy atom. The molecule has 0 saturated heterocycles. The van der Waals surface area contributed by atoms with Gasteiger partial charge in [-0.3, -0.25) is 4.79 Å². The topological polar surface area (TPSA) is 21.4 Å². The Bertz CT molecular complexity index is 550. The van der Waals surface area contributed by atoms with E-state index in [1.165, 1.54) is 0 Å². The molecule has 0 amide bonds. The number of aldehydes is 1. The highest BCUT2D eigenvalue weighted by Gasteiger charge is 1.98. The van der Waals surface area contributed by atoms with Gasteiger partial charge in [-0.25, -0.2) is 4.85 Å². The predicted molar refractivity (Wildman–Crippen MR) is 63.5 cm³/mol. The van der Waals surface area contributed by atoms with Gasteiger partial charge >= 0.3 is 0 Å². The van der Waals surface area contributed by atoms with Crippen molar-refractivity contribution in [3.8, 4) is 11.1 Å². The van der Waals surface area contributed by atoms with E-state index in [1.807, 2.05) is 30.3 Å². The Labute approximate surface area is 94.0 Å². The number of carbonyl (C=O) groups is 1. The predicted octanol–water partition coefficient (Wildman–Crippen LogP) is 3.72. The van der Waals surface area contributed by atoms with E-state index in [0.717, 1.165) is 17.4 Å². The number of hydrogen-bond donors (Lipinski definition) is 0. The first-order valence-electron chi connectivity index (χ1n) is 4.86. The van der Waals surface area contributed by atoms with Crippen molar-refractivity contribution in [2.24, 2.45) is 0 Å². The van der Waals surface area contributed by atoms with Crippen LogP contribution in [0.4, 0.5) is 5.69 Å². The molecule has 2 heteroatoms. The van der Waals surface area contributed by atoms with Gasteiger partial charge in [0.1, 0.15) is 6.29 Å². The summed E-state index contributed by atoms with van der Waals surface area (Å²) >= 11 is 0. The van der Waals surface area contributed by atoms with E-state index in [-0.39, 0.29) is 0 Å². The molecule has 0 aromatic heterocycles. The van der Waals surface area contributed by atoms with E-state index in [0.29, 0.717) is 11.3 Å². The lowest BCUT2D eigenvalue weighted by Gasteiger charge is -2.02. The Kier molecular flexibility index (Phi) is 2.79. The molecule has 0 aliphatic heterocycles. The van der Waals surface area contributed by atoms with Crippen LogP contribution in [0.2, 0.25) is 0 Å². The summed E-state index contributed by atoms with van der Waals surface area (Å²) in [6.45, 7) is 6.86. The smallest absolute Gasteiger partial charge is 0.187 e. The largest absolute Gasteiger partial charge is 0.298 e. The van der Waals surface area contributed by atoms with Gasteiger partial charge in [0.05, 0.1) is 6.57 Å². The molecule has 0 bridgehead atoms. The van der Waals surface area contributed by atoms with E-state index in [9.17, 15) is 4.79 Å². The lowest BCUT2D eigenvalue weighted by atomic mass is 10.0. The molecule has 2 aromatic rings. The van der Waals surface area contributed by atoms with Crippen LogP contribution in [0.25, 0.3) is 16.0 Å². The molecule has 2 aromatic carbocycles. The van der Waals surface area contributed by atoms with Crippen molar-refractivity contribution in [1.82, 2.24) is 0 Å². The quantitative estimate of drug-likeness (QED) is 0.543. The van der Waals surface area contributed by atoms with E-state index < -0.39 is 0 Å². The lowest BCUT2D eigenvalue weighted by molar-refractivity contribution is 0.112. The van der Waals surface area contributed by atoms with Crippen LogP contribution < -0.4 is 0 Å². The van der Waals surface area contributed by atoms with E-state index in [2.05, 4.69) is 4.85 Å². The zero-order valence-corrected chi connectivity index (χ0v) is 8.55. The van der Waals surface area contributed by atoms with Gasteiger partial charge < -0.3 is 0 Å². The summed E-state index contributed by atoms with van der Waals surface area (Å²) in [6, 6.07) is 14.7. The number of nitrogens with zero attached hydrogens (tertiary/aromatic N) is 1. The van der Waals surface area contributed by atoms with Crippen molar-refractivity contribution < 1.29 is 4.79 Å². The molecule has 0 radical (unpaired) electrons. The van der Waals surface area contributed by atoms with Gasteiger partial charge in [-0.1, -0.05) is 42.5 Å². The minimum absolute atomic E-state index is 0.621. The SMILES string of the molecule is [C-]#[N+]c1ccc(-c2cccc(C=O)c2)cc1. The van der Waals surface area contributed by atoms with Gasteiger partial charge in [0, 0.05) is 5.56 Å². The molecule has 0 saturated carbocycles. The first kappa shape index (κ1) is 10.1. The summed E-state index contributed by atoms with van der Waals surface area (Å²) in [5, 5.41) is 0. The molecule has 0 atom stereocenters. The highest BCUT2D eigenvalue weighted by molar-refractivity contribution is 5.79. The minimum Gasteiger partial charge on any atom is -0.298 e. The molecule has 76 valence electrons. The maximum Gasteiger partial charge on any atom is 0.187 e. The highest BCUT2D eigenvalue weighted by Crippen LogP contribution is 2.23. The number of hydrogen-bond acceptors (Lipinski definition) is 1. The van der Waals surface area contributed by atoms with Crippen LogP contribution in [-0.2, 0) is 0 Å². The van der Waals surface area contributed by atoms with Gasteiger partial charge in [0.15, 0.2) is 5.69 Å². The van der Waals surface area contributed by atoms with Crippen LogP contribution in [0.1, 0.15) is 10.4 Å². The second kappa shape index (κ2) is 4.41. The van der Waals surface area contributed by atoms with E-state index >= 15 is 0 Å². The molecule has 2 nitrogen and oxygen atoms in total. The number of benzene rings is 2. The first-order chi connectivity index (χ1) is 7.83. The molecule has 16 heavy (non-hydrogen) atoms. The van der Waals surface area contributed by atoms with Crippen LogP contribution >= 0.6 is 0 Å². The zero-order valence-electron chi connectivity index (χ0n) is 8.55. The van der Waals surface area contributed by atoms with Crippen LogP contribution in [0.5, 0.6) is 0 Å². The van der Waals surface area contributed by atoms with Crippen molar-refractivity contribution in [2.45, 2.75) is 0 Å². The number of carbonyl (C=O) groups excluding carboxylic acids is 1. The maximum absolute atomic E-state index is 10.7. The Morgan fingerprint density at radius 3 is 2.38 bits per heavy atom. The van der Waals surface area contributed by atoms with Crippen LogP contribution in [0.3, 0.4) is 0 Å². The molecular formula is C14H9NO. The van der Waals surface area contributed by atoms with Crippen molar-refractivity contribution in [2.75, 3.05) is 0 Å². The fraction of sp³-hybridized carbons (Fsp3) is 0. The van der Waals surface area contributed by atoms with Gasteiger partial charge in [-0.2, -0.15) is 0 Å². The normalized spacial score (nSPS) is 9.44. The van der Waals surface area contributed by atoms with Crippen LogP contribution in [0, 0.1) is 6.57 Å². The molecule has 0 unspecified atom stereocenters. The highest BCUT2D eigenvalue weighted by atomic mass is 16.1. The van der Waals surface area contributed by atoms with Crippen LogP contribution in [0.15, 0.2) is 48.5 Å².